The Labute approximate surface area is 83.7 Å². The molecule has 0 amide bonds. The van der Waals surface area contributed by atoms with Gasteiger partial charge in [-0.15, -0.1) is 0 Å². The van der Waals surface area contributed by atoms with Crippen LogP contribution in [0.25, 0.3) is 0 Å². The highest BCUT2D eigenvalue weighted by Gasteiger charge is 2.07. The number of hydrogen-bond acceptors (Lipinski definition) is 0. The third-order valence-corrected chi connectivity index (χ3v) is 5.44. The van der Waals surface area contributed by atoms with E-state index in [0.717, 1.165) is 0 Å². The summed E-state index contributed by atoms with van der Waals surface area (Å²) < 4.78 is 0. The van der Waals surface area contributed by atoms with Gasteiger partial charge in [-0.1, -0.05) is 37.3 Å². The molecule has 1 heteroatoms. The van der Waals surface area contributed by atoms with Gasteiger partial charge in [0.1, 0.15) is 0 Å². The van der Waals surface area contributed by atoms with Gasteiger partial charge >= 0.3 is 0 Å². The summed E-state index contributed by atoms with van der Waals surface area (Å²) in [4.78, 5) is 0. The molecule has 0 saturated carbocycles. The van der Waals surface area contributed by atoms with Crippen LogP contribution in [0, 0.1) is 0 Å². The fourth-order valence-electron chi connectivity index (χ4n) is 1.18. The van der Waals surface area contributed by atoms with Crippen molar-refractivity contribution in [2.75, 3.05) is 24.0 Å². The highest BCUT2D eigenvalue weighted by Crippen LogP contribution is 2.39. The van der Waals surface area contributed by atoms with Crippen molar-refractivity contribution >= 4 is 10.0 Å². The second-order valence-electron chi connectivity index (χ2n) is 4.00. The molecule has 0 N–H and O–H groups in total. The van der Waals surface area contributed by atoms with Crippen LogP contribution in [0.1, 0.15) is 12.5 Å². The van der Waals surface area contributed by atoms with Crippen LogP contribution >= 0.6 is 10.0 Å². The number of hydrogen-bond donors (Lipinski definition) is 0. The molecule has 74 valence electrons. The van der Waals surface area contributed by atoms with Crippen molar-refractivity contribution in [3.05, 3.63) is 35.9 Å². The minimum absolute atomic E-state index is 0.318. The summed E-state index contributed by atoms with van der Waals surface area (Å²) in [6, 6.07) is 10.8. The Balaban J connectivity index is 2.44. The van der Waals surface area contributed by atoms with Gasteiger partial charge < -0.3 is 0 Å². The zero-order valence-corrected chi connectivity index (χ0v) is 9.73. The number of rotatable bonds is 4. The third kappa shape index (κ3) is 3.86. The lowest BCUT2D eigenvalue weighted by Gasteiger charge is -2.29. The predicted octanol–water partition coefficient (Wildman–Crippen LogP) is 3.31. The van der Waals surface area contributed by atoms with E-state index >= 15 is 0 Å². The summed E-state index contributed by atoms with van der Waals surface area (Å²) in [6.45, 7) is 2.31. The summed E-state index contributed by atoms with van der Waals surface area (Å²) in [5.41, 5.74) is 1.48. The molecule has 0 aliphatic carbocycles. The molecule has 0 nitrogen and oxygen atoms in total. The van der Waals surface area contributed by atoms with E-state index in [9.17, 15) is 0 Å². The maximum absolute atomic E-state index is 2.43. The molecule has 0 aromatic heterocycles. The van der Waals surface area contributed by atoms with E-state index in [4.69, 9.17) is 0 Å². The molecule has 1 rings (SSSR count). The molecular formula is C12H20S. The van der Waals surface area contributed by atoms with Crippen LogP contribution in [-0.4, -0.2) is 24.0 Å². The van der Waals surface area contributed by atoms with E-state index < -0.39 is 0 Å². The van der Waals surface area contributed by atoms with Crippen LogP contribution in [0.4, 0.5) is 0 Å². The molecule has 1 aromatic carbocycles. The Bertz CT molecular complexity index is 239. The van der Waals surface area contributed by atoms with E-state index in [-0.39, 0.29) is 10.0 Å². The van der Waals surface area contributed by atoms with E-state index in [1.807, 2.05) is 0 Å². The van der Waals surface area contributed by atoms with Crippen molar-refractivity contribution in [3.63, 3.8) is 0 Å². The first kappa shape index (κ1) is 10.6. The van der Waals surface area contributed by atoms with Crippen molar-refractivity contribution < 1.29 is 0 Å². The van der Waals surface area contributed by atoms with Crippen molar-refractivity contribution in [2.45, 2.75) is 13.3 Å². The Morgan fingerprint density at radius 1 is 1.08 bits per heavy atom. The van der Waals surface area contributed by atoms with Gasteiger partial charge in [0, 0.05) is 0 Å². The van der Waals surface area contributed by atoms with Gasteiger partial charge in [0.05, 0.1) is 0 Å². The number of benzene rings is 1. The Morgan fingerprint density at radius 2 is 1.69 bits per heavy atom. The molecule has 0 heterocycles. The van der Waals surface area contributed by atoms with Gasteiger partial charge in [-0.3, -0.25) is 0 Å². The first-order valence-corrected chi connectivity index (χ1v) is 7.65. The molecule has 0 unspecified atom stereocenters. The van der Waals surface area contributed by atoms with E-state index in [0.29, 0.717) is 0 Å². The first-order chi connectivity index (χ1) is 6.14. The highest BCUT2D eigenvalue weighted by atomic mass is 32.3. The Morgan fingerprint density at radius 3 is 2.23 bits per heavy atom. The molecule has 0 bridgehead atoms. The van der Waals surface area contributed by atoms with Gasteiger partial charge in [-0.2, -0.15) is 0 Å². The summed E-state index contributed by atoms with van der Waals surface area (Å²) in [6.07, 6.45) is 6.10. The number of aryl methyl sites for hydroxylation is 1. The minimum atomic E-state index is -0.318. The summed E-state index contributed by atoms with van der Waals surface area (Å²) in [5.74, 6) is 2.72. The topological polar surface area (TPSA) is 0 Å². The molecule has 0 fully saturated rings. The lowest BCUT2D eigenvalue weighted by Crippen LogP contribution is -2.06. The fraction of sp³-hybridized carbons (Fsp3) is 0.500. The lowest BCUT2D eigenvalue weighted by molar-refractivity contribution is 1.14. The van der Waals surface area contributed by atoms with Crippen LogP contribution in [0.15, 0.2) is 30.3 Å². The third-order valence-electron chi connectivity index (χ3n) is 2.57. The van der Waals surface area contributed by atoms with E-state index in [2.05, 4.69) is 49.8 Å². The second kappa shape index (κ2) is 4.71. The quantitative estimate of drug-likeness (QED) is 0.693. The van der Waals surface area contributed by atoms with Gasteiger partial charge in [0.2, 0.25) is 0 Å². The fourth-order valence-corrected chi connectivity index (χ4v) is 2.26. The van der Waals surface area contributed by atoms with Crippen molar-refractivity contribution in [1.82, 2.24) is 0 Å². The van der Waals surface area contributed by atoms with Crippen LogP contribution in [0.3, 0.4) is 0 Å². The molecule has 0 atom stereocenters. The second-order valence-corrected chi connectivity index (χ2v) is 8.52. The molecule has 0 spiro atoms. The van der Waals surface area contributed by atoms with Gasteiger partial charge in [0.15, 0.2) is 0 Å². The minimum Gasteiger partial charge on any atom is -0.247 e. The smallest absolute Gasteiger partial charge is 0.0192 e. The predicted molar refractivity (Wildman–Crippen MR) is 65.0 cm³/mol. The molecular weight excluding hydrogens is 176 g/mol. The maximum Gasteiger partial charge on any atom is -0.0192 e. The van der Waals surface area contributed by atoms with Crippen LogP contribution in [0.2, 0.25) is 0 Å². The Hall–Kier alpha value is -0.430. The molecule has 0 saturated heterocycles. The van der Waals surface area contributed by atoms with Crippen LogP contribution in [-0.2, 0) is 6.42 Å². The standard InChI is InChI=1S/C12H20S/c1-4-13(2,3)11-10-12-8-6-5-7-9-12/h5-9H,4,10-11H2,1-3H3. The summed E-state index contributed by atoms with van der Waals surface area (Å²) in [5, 5.41) is 0. The Kier molecular flexibility index (Phi) is 3.86. The molecule has 1 aromatic rings. The molecule has 0 radical (unpaired) electrons. The van der Waals surface area contributed by atoms with Crippen LogP contribution < -0.4 is 0 Å². The SMILES string of the molecule is CCS(C)(C)CCc1ccccc1. The first-order valence-electron chi connectivity index (χ1n) is 4.87. The molecule has 13 heavy (non-hydrogen) atoms. The van der Waals surface area contributed by atoms with Crippen LogP contribution in [0.5, 0.6) is 0 Å². The van der Waals surface area contributed by atoms with E-state index in [1.165, 1.54) is 23.5 Å². The monoisotopic (exact) mass is 196 g/mol. The lowest BCUT2D eigenvalue weighted by atomic mass is 10.2. The van der Waals surface area contributed by atoms with Gasteiger partial charge in [-0.05, 0) is 36.0 Å². The zero-order valence-electron chi connectivity index (χ0n) is 8.92. The van der Waals surface area contributed by atoms with E-state index in [1.54, 1.807) is 0 Å². The van der Waals surface area contributed by atoms with Gasteiger partial charge in [-0.25, -0.2) is 10.0 Å². The summed E-state index contributed by atoms with van der Waals surface area (Å²) in [7, 11) is -0.318. The maximum atomic E-state index is 2.43. The average molecular weight is 196 g/mol. The van der Waals surface area contributed by atoms with Crippen molar-refractivity contribution in [1.29, 1.82) is 0 Å². The largest absolute Gasteiger partial charge is 0.247 e. The van der Waals surface area contributed by atoms with Gasteiger partial charge in [0.25, 0.3) is 0 Å². The highest BCUT2D eigenvalue weighted by molar-refractivity contribution is 8.32. The zero-order chi connectivity index (χ0) is 9.73. The normalized spacial score (nSPS) is 12.8. The summed E-state index contributed by atoms with van der Waals surface area (Å²) >= 11 is 0. The van der Waals surface area contributed by atoms with Crippen molar-refractivity contribution in [2.24, 2.45) is 0 Å². The van der Waals surface area contributed by atoms with Crippen molar-refractivity contribution in [3.8, 4) is 0 Å². The molecule has 0 aliphatic rings. The molecule has 0 aliphatic heterocycles. The average Bonchev–Trinajstić information content (AvgIpc) is 2.17.